The van der Waals surface area contributed by atoms with Crippen LogP contribution in [0.1, 0.15) is 30.6 Å². The molecule has 6 heteroatoms. The number of halogens is 1. The molecule has 26 heavy (non-hydrogen) atoms. The molecule has 4 rings (SSSR count). The van der Waals surface area contributed by atoms with Gasteiger partial charge in [-0.3, -0.25) is 14.6 Å². The number of fused-ring (bicyclic) bond motifs is 1. The van der Waals surface area contributed by atoms with Crippen molar-refractivity contribution in [1.29, 1.82) is 0 Å². The molecule has 1 saturated heterocycles. The van der Waals surface area contributed by atoms with Crippen LogP contribution in [0.3, 0.4) is 0 Å². The quantitative estimate of drug-likeness (QED) is 0.837. The van der Waals surface area contributed by atoms with Gasteiger partial charge in [-0.05, 0) is 36.8 Å². The summed E-state index contributed by atoms with van der Waals surface area (Å²) in [6, 6.07) is 7.23. The fourth-order valence-electron chi connectivity index (χ4n) is 4.26. The molecule has 2 aliphatic rings. The summed E-state index contributed by atoms with van der Waals surface area (Å²) in [6.07, 6.45) is 4.15. The number of carbonyl (C=O) groups is 2. The summed E-state index contributed by atoms with van der Waals surface area (Å²) < 4.78 is 0. The zero-order valence-electron chi connectivity index (χ0n) is 14.8. The van der Waals surface area contributed by atoms with Crippen LogP contribution in [0.2, 0.25) is 5.02 Å². The summed E-state index contributed by atoms with van der Waals surface area (Å²) in [6.45, 7) is 4.96. The molecule has 1 fully saturated rings. The Morgan fingerprint density at radius 2 is 2.00 bits per heavy atom. The van der Waals surface area contributed by atoms with Gasteiger partial charge in [0.2, 0.25) is 0 Å². The van der Waals surface area contributed by atoms with E-state index in [0.717, 1.165) is 10.9 Å². The second kappa shape index (κ2) is 5.55. The van der Waals surface area contributed by atoms with Gasteiger partial charge < -0.3 is 10.6 Å². The Morgan fingerprint density at radius 3 is 2.69 bits per heavy atom. The lowest BCUT2D eigenvalue weighted by Gasteiger charge is -2.53. The Morgan fingerprint density at radius 1 is 1.27 bits per heavy atom. The molecule has 5 nitrogen and oxygen atoms in total. The first kappa shape index (κ1) is 17.0. The Balaban J connectivity index is 1.56. The van der Waals surface area contributed by atoms with E-state index in [2.05, 4.69) is 4.98 Å². The van der Waals surface area contributed by atoms with Crippen molar-refractivity contribution in [3.8, 4) is 0 Å². The third-order valence-electron chi connectivity index (χ3n) is 5.32. The summed E-state index contributed by atoms with van der Waals surface area (Å²) in [5, 5.41) is 1.45. The molecule has 1 aromatic carbocycles. The summed E-state index contributed by atoms with van der Waals surface area (Å²) in [7, 11) is 0. The smallest absolute Gasteiger partial charge is 0.255 e. The van der Waals surface area contributed by atoms with Crippen LogP contribution < -0.4 is 5.73 Å². The number of hydrogen-bond donors (Lipinski definition) is 1. The van der Waals surface area contributed by atoms with E-state index in [-0.39, 0.29) is 17.1 Å². The molecule has 0 unspecified atom stereocenters. The van der Waals surface area contributed by atoms with Crippen molar-refractivity contribution < 1.29 is 9.59 Å². The second-order valence-electron chi connectivity index (χ2n) is 8.07. The van der Waals surface area contributed by atoms with Crippen molar-refractivity contribution in [1.82, 2.24) is 9.88 Å². The normalized spacial score (nSPS) is 20.8. The van der Waals surface area contributed by atoms with Crippen LogP contribution in [-0.2, 0) is 4.79 Å². The fourth-order valence-corrected chi connectivity index (χ4v) is 4.44. The molecule has 1 aromatic heterocycles. The first-order chi connectivity index (χ1) is 12.2. The molecule has 2 aromatic rings. The highest BCUT2D eigenvalue weighted by atomic mass is 35.5. The Hall–Kier alpha value is -2.40. The fraction of sp³-hybridized carbons (Fsp3) is 0.350. The number of nitrogens with two attached hydrogens (primary N) is 1. The van der Waals surface area contributed by atoms with Gasteiger partial charge >= 0.3 is 0 Å². The van der Waals surface area contributed by atoms with E-state index in [1.807, 2.05) is 32.1 Å². The molecule has 2 N–H and O–H groups in total. The van der Waals surface area contributed by atoms with Gasteiger partial charge in [0.1, 0.15) is 0 Å². The summed E-state index contributed by atoms with van der Waals surface area (Å²) in [4.78, 5) is 31.1. The summed E-state index contributed by atoms with van der Waals surface area (Å²) in [5.74, 6) is -0.0739. The SMILES string of the molecule is CC1(C)CC2(C=C(N)C1=O)CN(C(=O)c1cnc3ccc(Cl)cc3c1)C2. The minimum Gasteiger partial charge on any atom is -0.396 e. The largest absolute Gasteiger partial charge is 0.396 e. The van der Waals surface area contributed by atoms with Crippen molar-refractivity contribution >= 4 is 34.2 Å². The molecule has 1 spiro atoms. The van der Waals surface area contributed by atoms with Gasteiger partial charge in [0.05, 0.1) is 16.8 Å². The highest BCUT2D eigenvalue weighted by Gasteiger charge is 2.51. The van der Waals surface area contributed by atoms with Crippen molar-refractivity contribution in [3.05, 3.63) is 52.8 Å². The number of rotatable bonds is 1. The maximum absolute atomic E-state index is 12.8. The lowest BCUT2D eigenvalue weighted by atomic mass is 9.62. The predicted octanol–water partition coefficient (Wildman–Crippen LogP) is 3.17. The Labute approximate surface area is 156 Å². The molecule has 0 atom stereocenters. The molecule has 0 bridgehead atoms. The molecular formula is C20H20ClN3O2. The maximum Gasteiger partial charge on any atom is 0.255 e. The molecule has 1 aliphatic carbocycles. The number of aromatic nitrogens is 1. The molecule has 0 saturated carbocycles. The third-order valence-corrected chi connectivity index (χ3v) is 5.56. The number of hydrogen-bond acceptors (Lipinski definition) is 4. The van der Waals surface area contributed by atoms with Gasteiger partial charge in [0, 0.05) is 40.5 Å². The van der Waals surface area contributed by atoms with E-state index in [1.54, 1.807) is 23.2 Å². The number of ketones is 1. The molecule has 134 valence electrons. The van der Waals surface area contributed by atoms with E-state index in [1.165, 1.54) is 0 Å². The van der Waals surface area contributed by atoms with Gasteiger partial charge in [-0.2, -0.15) is 0 Å². The van der Waals surface area contributed by atoms with E-state index in [9.17, 15) is 9.59 Å². The first-order valence-corrected chi connectivity index (χ1v) is 8.95. The lowest BCUT2D eigenvalue weighted by molar-refractivity contribution is -0.127. The highest BCUT2D eigenvalue weighted by Crippen LogP contribution is 2.47. The van der Waals surface area contributed by atoms with Crippen LogP contribution in [0.5, 0.6) is 0 Å². The van der Waals surface area contributed by atoms with Crippen molar-refractivity contribution in [2.75, 3.05) is 13.1 Å². The van der Waals surface area contributed by atoms with Gasteiger partial charge in [0.25, 0.3) is 5.91 Å². The standard InChI is InChI=1S/C20H20ClN3O2/c1-19(2)9-20(7-15(22)17(19)25)10-24(11-20)18(26)13-5-12-6-14(21)3-4-16(12)23-8-13/h3-8H,9-11,22H2,1-2H3. The van der Waals surface area contributed by atoms with E-state index < -0.39 is 5.41 Å². The number of nitrogens with zero attached hydrogens (tertiary/aromatic N) is 2. The summed E-state index contributed by atoms with van der Waals surface area (Å²) >= 11 is 6.03. The van der Waals surface area contributed by atoms with Crippen LogP contribution >= 0.6 is 11.6 Å². The van der Waals surface area contributed by atoms with Crippen molar-refractivity contribution in [2.24, 2.45) is 16.6 Å². The number of benzene rings is 1. The second-order valence-corrected chi connectivity index (χ2v) is 8.51. The van der Waals surface area contributed by atoms with E-state index >= 15 is 0 Å². The number of likely N-dealkylation sites (tertiary alicyclic amines) is 1. The third kappa shape index (κ3) is 2.67. The molecule has 1 amide bonds. The molecule has 0 radical (unpaired) electrons. The van der Waals surface area contributed by atoms with Crippen molar-refractivity contribution in [2.45, 2.75) is 20.3 Å². The van der Waals surface area contributed by atoms with Gasteiger partial charge in [-0.25, -0.2) is 0 Å². The molecule has 1 aliphatic heterocycles. The van der Waals surface area contributed by atoms with Gasteiger partial charge in [0.15, 0.2) is 5.78 Å². The monoisotopic (exact) mass is 369 g/mol. The maximum atomic E-state index is 12.8. The lowest BCUT2D eigenvalue weighted by Crippen LogP contribution is -2.61. The van der Waals surface area contributed by atoms with E-state index in [4.69, 9.17) is 17.3 Å². The number of carbonyl (C=O) groups excluding carboxylic acids is 2. The average molecular weight is 370 g/mol. The van der Waals surface area contributed by atoms with Crippen LogP contribution in [0.15, 0.2) is 42.2 Å². The molecular weight excluding hydrogens is 350 g/mol. The predicted molar refractivity (Wildman–Crippen MR) is 101 cm³/mol. The number of amides is 1. The zero-order valence-corrected chi connectivity index (χ0v) is 15.5. The summed E-state index contributed by atoms with van der Waals surface area (Å²) in [5.41, 5.74) is 6.89. The minimum absolute atomic E-state index is 0.0106. The van der Waals surface area contributed by atoms with Gasteiger partial charge in [-0.15, -0.1) is 0 Å². The number of allylic oxidation sites excluding steroid dienone is 1. The minimum atomic E-state index is -0.491. The van der Waals surface area contributed by atoms with Crippen LogP contribution in [0.4, 0.5) is 0 Å². The zero-order chi connectivity index (χ0) is 18.7. The topological polar surface area (TPSA) is 76.3 Å². The molecule has 2 heterocycles. The highest BCUT2D eigenvalue weighted by molar-refractivity contribution is 6.31. The number of Topliss-reactive ketones (excluding diaryl/α,β-unsaturated/α-hetero) is 1. The first-order valence-electron chi connectivity index (χ1n) is 8.57. The van der Waals surface area contributed by atoms with Crippen LogP contribution in [-0.4, -0.2) is 34.7 Å². The van der Waals surface area contributed by atoms with Crippen LogP contribution in [0.25, 0.3) is 10.9 Å². The van der Waals surface area contributed by atoms with Crippen molar-refractivity contribution in [3.63, 3.8) is 0 Å². The number of pyridine rings is 1. The Kier molecular flexibility index (Phi) is 3.63. The Bertz CT molecular complexity index is 974. The average Bonchev–Trinajstić information content (AvgIpc) is 2.55. The van der Waals surface area contributed by atoms with E-state index in [0.29, 0.717) is 35.8 Å². The van der Waals surface area contributed by atoms with Gasteiger partial charge in [-0.1, -0.05) is 25.4 Å². The van der Waals surface area contributed by atoms with Crippen LogP contribution in [0, 0.1) is 10.8 Å².